The van der Waals surface area contributed by atoms with Crippen LogP contribution in [0.5, 0.6) is 0 Å². The summed E-state index contributed by atoms with van der Waals surface area (Å²) < 4.78 is 1.70. The van der Waals surface area contributed by atoms with Crippen LogP contribution in [0, 0.1) is 0 Å². The van der Waals surface area contributed by atoms with E-state index in [1.54, 1.807) is 22.8 Å². The lowest BCUT2D eigenvalue weighted by atomic mass is 10.1. The van der Waals surface area contributed by atoms with Gasteiger partial charge in [-0.15, -0.1) is 0 Å². The van der Waals surface area contributed by atoms with Crippen molar-refractivity contribution in [3.05, 3.63) is 71.5 Å². The SMILES string of the molecule is O=C(NCc1ccn2ncc(C(=O)N3CCCC3)c2c1)c1ccccc1. The van der Waals surface area contributed by atoms with Gasteiger partial charge in [-0.1, -0.05) is 18.2 Å². The molecule has 0 bridgehead atoms. The number of carbonyl (C=O) groups excluding carboxylic acids is 2. The van der Waals surface area contributed by atoms with Crippen LogP contribution in [0.15, 0.2) is 54.9 Å². The first-order valence-electron chi connectivity index (χ1n) is 8.81. The molecular formula is C20H20N4O2. The quantitative estimate of drug-likeness (QED) is 0.788. The fourth-order valence-corrected chi connectivity index (χ4v) is 3.26. The largest absolute Gasteiger partial charge is 0.348 e. The van der Waals surface area contributed by atoms with Crippen LogP contribution in [-0.4, -0.2) is 39.4 Å². The molecule has 2 amide bonds. The number of carbonyl (C=O) groups is 2. The number of benzene rings is 1. The Morgan fingerprint density at radius 3 is 2.62 bits per heavy atom. The molecule has 1 aromatic carbocycles. The molecule has 0 unspecified atom stereocenters. The number of aromatic nitrogens is 2. The van der Waals surface area contributed by atoms with Crippen LogP contribution in [-0.2, 0) is 6.54 Å². The summed E-state index contributed by atoms with van der Waals surface area (Å²) in [6, 6.07) is 12.9. The third kappa shape index (κ3) is 3.18. The van der Waals surface area contributed by atoms with Gasteiger partial charge in [-0.25, -0.2) is 4.52 Å². The zero-order valence-corrected chi connectivity index (χ0v) is 14.4. The van der Waals surface area contributed by atoms with E-state index in [0.717, 1.165) is 37.0 Å². The average molecular weight is 348 g/mol. The van der Waals surface area contributed by atoms with Gasteiger partial charge in [-0.2, -0.15) is 5.10 Å². The third-order valence-electron chi connectivity index (χ3n) is 4.70. The molecule has 3 heterocycles. The molecule has 0 radical (unpaired) electrons. The summed E-state index contributed by atoms with van der Waals surface area (Å²) in [6.07, 6.45) is 5.56. The van der Waals surface area contributed by atoms with E-state index < -0.39 is 0 Å². The highest BCUT2D eigenvalue weighted by Gasteiger charge is 2.22. The molecule has 0 aliphatic carbocycles. The van der Waals surface area contributed by atoms with Gasteiger partial charge in [-0.3, -0.25) is 9.59 Å². The fraction of sp³-hybridized carbons (Fsp3) is 0.250. The van der Waals surface area contributed by atoms with E-state index in [9.17, 15) is 9.59 Å². The molecule has 2 aromatic heterocycles. The van der Waals surface area contributed by atoms with Crippen LogP contribution in [0.1, 0.15) is 39.1 Å². The second kappa shape index (κ2) is 7.00. The lowest BCUT2D eigenvalue weighted by Crippen LogP contribution is -2.27. The molecule has 0 saturated carbocycles. The maximum Gasteiger partial charge on any atom is 0.257 e. The van der Waals surface area contributed by atoms with Gasteiger partial charge >= 0.3 is 0 Å². The Bertz CT molecular complexity index is 943. The molecule has 0 spiro atoms. The Morgan fingerprint density at radius 1 is 1.08 bits per heavy atom. The van der Waals surface area contributed by atoms with Gasteiger partial charge < -0.3 is 10.2 Å². The minimum absolute atomic E-state index is 0.0305. The second-order valence-electron chi connectivity index (χ2n) is 6.47. The first-order chi connectivity index (χ1) is 12.7. The van der Waals surface area contributed by atoms with Crippen molar-refractivity contribution >= 4 is 17.3 Å². The van der Waals surface area contributed by atoms with Gasteiger partial charge in [0.1, 0.15) is 0 Å². The fourth-order valence-electron chi connectivity index (χ4n) is 3.26. The predicted octanol–water partition coefficient (Wildman–Crippen LogP) is 2.50. The summed E-state index contributed by atoms with van der Waals surface area (Å²) in [5.41, 5.74) is 2.94. The number of fused-ring (bicyclic) bond motifs is 1. The minimum Gasteiger partial charge on any atom is -0.348 e. The van der Waals surface area contributed by atoms with Crippen molar-refractivity contribution in [1.29, 1.82) is 0 Å². The number of nitrogens with one attached hydrogen (secondary N) is 1. The third-order valence-corrected chi connectivity index (χ3v) is 4.70. The van der Waals surface area contributed by atoms with Crippen LogP contribution in [0.25, 0.3) is 5.52 Å². The van der Waals surface area contributed by atoms with Gasteiger partial charge in [-0.05, 0) is 42.7 Å². The predicted molar refractivity (Wildman–Crippen MR) is 97.9 cm³/mol. The van der Waals surface area contributed by atoms with Crippen molar-refractivity contribution in [2.75, 3.05) is 13.1 Å². The number of rotatable bonds is 4. The van der Waals surface area contributed by atoms with Crippen molar-refractivity contribution in [2.45, 2.75) is 19.4 Å². The van der Waals surface area contributed by atoms with Crippen molar-refractivity contribution < 1.29 is 9.59 Å². The lowest BCUT2D eigenvalue weighted by Gasteiger charge is -2.14. The lowest BCUT2D eigenvalue weighted by molar-refractivity contribution is 0.0794. The van der Waals surface area contributed by atoms with E-state index in [4.69, 9.17) is 0 Å². The Kier molecular flexibility index (Phi) is 4.39. The monoisotopic (exact) mass is 348 g/mol. The zero-order valence-electron chi connectivity index (χ0n) is 14.4. The summed E-state index contributed by atoms with van der Waals surface area (Å²) >= 11 is 0. The summed E-state index contributed by atoms with van der Waals surface area (Å²) in [4.78, 5) is 26.8. The number of likely N-dealkylation sites (tertiary alicyclic amines) is 1. The standard InChI is InChI=1S/C20H20N4O2/c25-19(16-6-2-1-3-7-16)21-13-15-8-11-24-18(12-15)17(14-22-24)20(26)23-9-4-5-10-23/h1-3,6-8,11-12,14H,4-5,9-10,13H2,(H,21,25). The molecule has 1 aliphatic rings. The van der Waals surface area contributed by atoms with Crippen molar-refractivity contribution in [3.63, 3.8) is 0 Å². The minimum atomic E-state index is -0.118. The van der Waals surface area contributed by atoms with Gasteiger partial charge in [0.25, 0.3) is 11.8 Å². The normalized spacial score (nSPS) is 13.9. The summed E-state index contributed by atoms with van der Waals surface area (Å²) in [7, 11) is 0. The first-order valence-corrected chi connectivity index (χ1v) is 8.81. The highest BCUT2D eigenvalue weighted by Crippen LogP contribution is 2.18. The van der Waals surface area contributed by atoms with Crippen LogP contribution >= 0.6 is 0 Å². The number of nitrogens with zero attached hydrogens (tertiary/aromatic N) is 3. The van der Waals surface area contributed by atoms with Crippen LogP contribution < -0.4 is 5.32 Å². The van der Waals surface area contributed by atoms with Crippen LogP contribution in [0.3, 0.4) is 0 Å². The summed E-state index contributed by atoms with van der Waals surface area (Å²) in [5.74, 6) is -0.0877. The van der Waals surface area contributed by atoms with Gasteiger partial charge in [0.05, 0.1) is 17.3 Å². The van der Waals surface area contributed by atoms with Crippen LogP contribution in [0.4, 0.5) is 0 Å². The van der Waals surface area contributed by atoms with Gasteiger partial charge in [0, 0.05) is 31.4 Å². The van der Waals surface area contributed by atoms with E-state index in [0.29, 0.717) is 17.7 Å². The van der Waals surface area contributed by atoms with E-state index >= 15 is 0 Å². The summed E-state index contributed by atoms with van der Waals surface area (Å²) in [6.45, 7) is 2.01. The van der Waals surface area contributed by atoms with Crippen molar-refractivity contribution in [2.24, 2.45) is 0 Å². The zero-order chi connectivity index (χ0) is 17.9. The Labute approximate surface area is 151 Å². The van der Waals surface area contributed by atoms with E-state index in [2.05, 4.69) is 10.4 Å². The van der Waals surface area contributed by atoms with Gasteiger partial charge in [0.15, 0.2) is 0 Å². The van der Waals surface area contributed by atoms with E-state index in [1.807, 2.05) is 41.4 Å². The molecule has 6 nitrogen and oxygen atoms in total. The van der Waals surface area contributed by atoms with E-state index in [1.165, 1.54) is 0 Å². The number of amides is 2. The molecule has 1 aliphatic heterocycles. The number of pyridine rings is 1. The van der Waals surface area contributed by atoms with E-state index in [-0.39, 0.29) is 11.8 Å². The molecule has 132 valence electrons. The van der Waals surface area contributed by atoms with Gasteiger partial charge in [0.2, 0.25) is 0 Å². The Morgan fingerprint density at radius 2 is 1.85 bits per heavy atom. The molecule has 1 fully saturated rings. The van der Waals surface area contributed by atoms with Crippen molar-refractivity contribution in [1.82, 2.24) is 19.8 Å². The first kappa shape index (κ1) is 16.3. The molecule has 0 atom stereocenters. The molecular weight excluding hydrogens is 328 g/mol. The number of hydrogen-bond acceptors (Lipinski definition) is 3. The van der Waals surface area contributed by atoms with Crippen LogP contribution in [0.2, 0.25) is 0 Å². The smallest absolute Gasteiger partial charge is 0.257 e. The molecule has 3 aromatic rings. The Balaban J connectivity index is 1.52. The molecule has 1 N–H and O–H groups in total. The molecule has 6 heteroatoms. The molecule has 4 rings (SSSR count). The summed E-state index contributed by atoms with van der Waals surface area (Å²) in [5, 5.41) is 7.19. The molecule has 26 heavy (non-hydrogen) atoms. The topological polar surface area (TPSA) is 66.7 Å². The average Bonchev–Trinajstić information content (AvgIpc) is 3.36. The highest BCUT2D eigenvalue weighted by molar-refractivity contribution is 6.00. The highest BCUT2D eigenvalue weighted by atomic mass is 16.2. The Hall–Kier alpha value is -3.15. The molecule has 1 saturated heterocycles. The maximum atomic E-state index is 12.7. The second-order valence-corrected chi connectivity index (χ2v) is 6.47. The van der Waals surface area contributed by atoms with Crippen molar-refractivity contribution in [3.8, 4) is 0 Å². The number of hydrogen-bond donors (Lipinski definition) is 1. The maximum absolute atomic E-state index is 12.7.